The maximum absolute atomic E-state index is 3.60. The van der Waals surface area contributed by atoms with Crippen LogP contribution in [0.1, 0.15) is 31.7 Å². The van der Waals surface area contributed by atoms with Gasteiger partial charge in [0.1, 0.15) is 0 Å². The van der Waals surface area contributed by atoms with Gasteiger partial charge in [0.05, 0.1) is 0 Å². The van der Waals surface area contributed by atoms with Gasteiger partial charge in [-0.1, -0.05) is 19.1 Å². The van der Waals surface area contributed by atoms with Crippen LogP contribution in [0.25, 0.3) is 0 Å². The van der Waals surface area contributed by atoms with Crippen LogP contribution in [0.2, 0.25) is 0 Å². The summed E-state index contributed by atoms with van der Waals surface area (Å²) in [4.78, 5) is 2.49. The Labute approximate surface area is 104 Å². The monoisotopic (exact) mass is 230 g/mol. The Kier molecular flexibility index (Phi) is 3.06. The van der Waals surface area contributed by atoms with Crippen molar-refractivity contribution < 1.29 is 0 Å². The third-order valence-corrected chi connectivity index (χ3v) is 4.09. The van der Waals surface area contributed by atoms with Crippen LogP contribution in [0.5, 0.6) is 0 Å². The van der Waals surface area contributed by atoms with Gasteiger partial charge in [0.2, 0.25) is 0 Å². The molecule has 1 aromatic rings. The molecular formula is C15H22N2. The van der Waals surface area contributed by atoms with Crippen LogP contribution in [-0.4, -0.2) is 19.1 Å². The number of rotatable bonds is 4. The van der Waals surface area contributed by atoms with Gasteiger partial charge in [0.25, 0.3) is 0 Å². The van der Waals surface area contributed by atoms with E-state index in [0.717, 1.165) is 18.5 Å². The van der Waals surface area contributed by atoms with Crippen molar-refractivity contribution in [3.63, 3.8) is 0 Å². The van der Waals surface area contributed by atoms with Crippen LogP contribution in [0.4, 0.5) is 5.69 Å². The van der Waals surface area contributed by atoms with Crippen LogP contribution in [0.3, 0.4) is 0 Å². The second-order valence-corrected chi connectivity index (χ2v) is 5.56. The standard InChI is InChI=1S/C15H22N2/c1-12-10-15(12)16-11-13-4-6-14(7-5-13)17-8-2-3-9-17/h4-7,12,15-16H,2-3,8-11H2,1H3. The molecule has 17 heavy (non-hydrogen) atoms. The number of anilines is 1. The zero-order valence-corrected chi connectivity index (χ0v) is 10.7. The Morgan fingerprint density at radius 1 is 1.18 bits per heavy atom. The quantitative estimate of drug-likeness (QED) is 0.855. The molecular weight excluding hydrogens is 208 g/mol. The molecule has 3 rings (SSSR count). The lowest BCUT2D eigenvalue weighted by Gasteiger charge is -2.17. The molecule has 2 atom stereocenters. The van der Waals surface area contributed by atoms with Crippen LogP contribution in [0.15, 0.2) is 24.3 Å². The van der Waals surface area contributed by atoms with Crippen LogP contribution >= 0.6 is 0 Å². The summed E-state index contributed by atoms with van der Waals surface area (Å²) >= 11 is 0. The van der Waals surface area contributed by atoms with E-state index < -0.39 is 0 Å². The van der Waals surface area contributed by atoms with Crippen molar-refractivity contribution >= 4 is 5.69 Å². The van der Waals surface area contributed by atoms with Crippen molar-refractivity contribution in [3.8, 4) is 0 Å². The number of benzene rings is 1. The van der Waals surface area contributed by atoms with Crippen LogP contribution < -0.4 is 10.2 Å². The first-order valence-electron chi connectivity index (χ1n) is 6.90. The van der Waals surface area contributed by atoms with Gasteiger partial charge >= 0.3 is 0 Å². The maximum atomic E-state index is 3.60. The average Bonchev–Trinajstić information content (AvgIpc) is 2.83. The molecule has 2 aliphatic rings. The van der Waals surface area contributed by atoms with Gasteiger partial charge in [-0.25, -0.2) is 0 Å². The molecule has 2 unspecified atom stereocenters. The van der Waals surface area contributed by atoms with Gasteiger partial charge in [-0.05, 0) is 42.9 Å². The van der Waals surface area contributed by atoms with Gasteiger partial charge < -0.3 is 10.2 Å². The van der Waals surface area contributed by atoms with Crippen molar-refractivity contribution in [1.82, 2.24) is 5.32 Å². The summed E-state index contributed by atoms with van der Waals surface area (Å²) in [7, 11) is 0. The molecule has 1 aromatic carbocycles. The highest BCUT2D eigenvalue weighted by Gasteiger charge is 2.31. The van der Waals surface area contributed by atoms with Crippen molar-refractivity contribution in [2.75, 3.05) is 18.0 Å². The lowest BCUT2D eigenvalue weighted by molar-refractivity contribution is 0.652. The van der Waals surface area contributed by atoms with Crippen LogP contribution in [-0.2, 0) is 6.54 Å². The summed E-state index contributed by atoms with van der Waals surface area (Å²) in [6.07, 6.45) is 4.05. The molecule has 0 bridgehead atoms. The normalized spacial score (nSPS) is 27.5. The summed E-state index contributed by atoms with van der Waals surface area (Å²) in [6.45, 7) is 5.80. The molecule has 1 heterocycles. The lowest BCUT2D eigenvalue weighted by atomic mass is 10.2. The molecule has 0 aromatic heterocycles. The zero-order valence-electron chi connectivity index (χ0n) is 10.7. The zero-order chi connectivity index (χ0) is 11.7. The van der Waals surface area contributed by atoms with Gasteiger partial charge in [0, 0.05) is 31.4 Å². The molecule has 1 aliphatic carbocycles. The number of hydrogen-bond donors (Lipinski definition) is 1. The predicted octanol–water partition coefficient (Wildman–Crippen LogP) is 2.78. The first-order chi connectivity index (χ1) is 8.33. The molecule has 0 radical (unpaired) electrons. The molecule has 0 spiro atoms. The van der Waals surface area contributed by atoms with E-state index in [-0.39, 0.29) is 0 Å². The maximum Gasteiger partial charge on any atom is 0.0366 e. The van der Waals surface area contributed by atoms with Gasteiger partial charge in [-0.15, -0.1) is 0 Å². The van der Waals surface area contributed by atoms with Crippen molar-refractivity contribution in [3.05, 3.63) is 29.8 Å². The van der Waals surface area contributed by atoms with E-state index >= 15 is 0 Å². The highest BCUT2D eigenvalue weighted by atomic mass is 15.1. The molecule has 2 fully saturated rings. The number of nitrogens with one attached hydrogen (secondary N) is 1. The smallest absolute Gasteiger partial charge is 0.0366 e. The molecule has 1 saturated heterocycles. The Hall–Kier alpha value is -1.02. The minimum Gasteiger partial charge on any atom is -0.372 e. The Bertz CT molecular complexity index is 365. The van der Waals surface area contributed by atoms with Gasteiger partial charge in [0.15, 0.2) is 0 Å². The summed E-state index contributed by atoms with van der Waals surface area (Å²) in [5.74, 6) is 0.888. The minimum atomic E-state index is 0.772. The number of hydrogen-bond acceptors (Lipinski definition) is 2. The highest BCUT2D eigenvalue weighted by Crippen LogP contribution is 2.29. The largest absolute Gasteiger partial charge is 0.372 e. The van der Waals surface area contributed by atoms with E-state index in [1.807, 2.05) is 0 Å². The highest BCUT2D eigenvalue weighted by molar-refractivity contribution is 5.48. The second kappa shape index (κ2) is 4.69. The fourth-order valence-corrected chi connectivity index (χ4v) is 2.66. The van der Waals surface area contributed by atoms with E-state index in [2.05, 4.69) is 41.4 Å². The molecule has 92 valence electrons. The summed E-state index contributed by atoms with van der Waals surface area (Å²) in [5, 5.41) is 3.60. The van der Waals surface area contributed by atoms with Crippen molar-refractivity contribution in [2.24, 2.45) is 5.92 Å². The number of nitrogens with zero attached hydrogens (tertiary/aromatic N) is 1. The minimum absolute atomic E-state index is 0.772. The third-order valence-electron chi connectivity index (χ3n) is 4.09. The molecule has 2 nitrogen and oxygen atoms in total. The summed E-state index contributed by atoms with van der Waals surface area (Å²) in [5.41, 5.74) is 2.80. The molecule has 1 saturated carbocycles. The van der Waals surface area contributed by atoms with Gasteiger partial charge in [-0.3, -0.25) is 0 Å². The first-order valence-corrected chi connectivity index (χ1v) is 6.90. The first kappa shape index (κ1) is 11.1. The molecule has 2 heteroatoms. The van der Waals surface area contributed by atoms with Crippen LogP contribution in [0, 0.1) is 5.92 Å². The lowest BCUT2D eigenvalue weighted by Crippen LogP contribution is -2.18. The Morgan fingerprint density at radius 3 is 2.41 bits per heavy atom. The summed E-state index contributed by atoms with van der Waals surface area (Å²) < 4.78 is 0. The van der Waals surface area contributed by atoms with E-state index in [4.69, 9.17) is 0 Å². The average molecular weight is 230 g/mol. The fourth-order valence-electron chi connectivity index (χ4n) is 2.66. The van der Waals surface area contributed by atoms with E-state index in [0.29, 0.717) is 0 Å². The third kappa shape index (κ3) is 2.63. The topological polar surface area (TPSA) is 15.3 Å². The predicted molar refractivity (Wildman–Crippen MR) is 72.3 cm³/mol. The van der Waals surface area contributed by atoms with E-state index in [9.17, 15) is 0 Å². The summed E-state index contributed by atoms with van der Waals surface area (Å²) in [6, 6.07) is 9.87. The SMILES string of the molecule is CC1CC1NCc1ccc(N2CCCC2)cc1. The van der Waals surface area contributed by atoms with E-state index in [1.54, 1.807) is 0 Å². The van der Waals surface area contributed by atoms with E-state index in [1.165, 1.54) is 43.6 Å². The van der Waals surface area contributed by atoms with Crippen molar-refractivity contribution in [2.45, 2.75) is 38.8 Å². The van der Waals surface area contributed by atoms with Gasteiger partial charge in [-0.2, -0.15) is 0 Å². The molecule has 1 aliphatic heterocycles. The molecule has 0 amide bonds. The Balaban J connectivity index is 1.55. The van der Waals surface area contributed by atoms with Crippen molar-refractivity contribution in [1.29, 1.82) is 0 Å². The fraction of sp³-hybridized carbons (Fsp3) is 0.600. The Morgan fingerprint density at radius 2 is 1.82 bits per heavy atom. The molecule has 1 N–H and O–H groups in total. The second-order valence-electron chi connectivity index (χ2n) is 5.56.